The Bertz CT molecular complexity index is 661. The highest BCUT2D eigenvalue weighted by atomic mass is 16.4. The summed E-state index contributed by atoms with van der Waals surface area (Å²) in [7, 11) is 1.99. The van der Waals surface area contributed by atoms with Crippen LogP contribution in [0.2, 0.25) is 0 Å². The first-order valence-electron chi connectivity index (χ1n) is 7.01. The van der Waals surface area contributed by atoms with Gasteiger partial charge in [0.2, 0.25) is 5.91 Å². The zero-order valence-corrected chi connectivity index (χ0v) is 12.3. The standard InChI is InChI=1S/C16H20N2O3/c1-11(16(20)21)9-17-15(19)8-7-12-10-18(2)14-6-4-3-5-13(12)14/h3-6,10-11H,7-9H2,1-2H3,(H,17,19)(H,20,21). The molecule has 0 spiro atoms. The summed E-state index contributed by atoms with van der Waals surface area (Å²) in [6.07, 6.45) is 3.05. The molecule has 5 nitrogen and oxygen atoms in total. The van der Waals surface area contributed by atoms with Gasteiger partial charge < -0.3 is 15.0 Å². The van der Waals surface area contributed by atoms with Crippen molar-refractivity contribution in [3.63, 3.8) is 0 Å². The maximum absolute atomic E-state index is 11.8. The first kappa shape index (κ1) is 15.1. The first-order valence-corrected chi connectivity index (χ1v) is 7.01. The molecule has 0 aliphatic rings. The fourth-order valence-electron chi connectivity index (χ4n) is 2.32. The molecule has 0 bridgehead atoms. The number of fused-ring (bicyclic) bond motifs is 1. The van der Waals surface area contributed by atoms with Gasteiger partial charge in [-0.05, 0) is 18.1 Å². The molecule has 1 heterocycles. The predicted molar refractivity (Wildman–Crippen MR) is 81.0 cm³/mol. The minimum atomic E-state index is -0.899. The fraction of sp³-hybridized carbons (Fsp3) is 0.375. The van der Waals surface area contributed by atoms with Gasteiger partial charge in [0.15, 0.2) is 0 Å². The molecule has 2 N–H and O–H groups in total. The molecule has 5 heteroatoms. The van der Waals surface area contributed by atoms with Crippen molar-refractivity contribution < 1.29 is 14.7 Å². The summed E-state index contributed by atoms with van der Waals surface area (Å²) in [5.74, 6) is -1.58. The molecule has 1 unspecified atom stereocenters. The molecule has 0 aliphatic heterocycles. The monoisotopic (exact) mass is 288 g/mol. The lowest BCUT2D eigenvalue weighted by molar-refractivity contribution is -0.141. The van der Waals surface area contributed by atoms with Gasteiger partial charge in [0.1, 0.15) is 0 Å². The van der Waals surface area contributed by atoms with Crippen molar-refractivity contribution in [3.05, 3.63) is 36.0 Å². The van der Waals surface area contributed by atoms with Gasteiger partial charge in [0, 0.05) is 37.1 Å². The number of nitrogens with one attached hydrogen (secondary N) is 1. The molecule has 21 heavy (non-hydrogen) atoms. The molecule has 0 aliphatic carbocycles. The van der Waals surface area contributed by atoms with Crippen molar-refractivity contribution in [3.8, 4) is 0 Å². The van der Waals surface area contributed by atoms with Gasteiger partial charge in [0.25, 0.3) is 0 Å². The van der Waals surface area contributed by atoms with Crippen LogP contribution in [0.3, 0.4) is 0 Å². The van der Waals surface area contributed by atoms with Crippen LogP contribution in [0.5, 0.6) is 0 Å². The zero-order valence-electron chi connectivity index (χ0n) is 12.3. The number of hydrogen-bond acceptors (Lipinski definition) is 2. The lowest BCUT2D eigenvalue weighted by Crippen LogP contribution is -2.31. The number of benzene rings is 1. The molecule has 0 saturated heterocycles. The van der Waals surface area contributed by atoms with Crippen LogP contribution in [0.25, 0.3) is 10.9 Å². The molecular formula is C16H20N2O3. The van der Waals surface area contributed by atoms with E-state index in [0.717, 1.165) is 16.5 Å². The number of hydrogen-bond donors (Lipinski definition) is 2. The quantitative estimate of drug-likeness (QED) is 0.853. The zero-order chi connectivity index (χ0) is 15.4. The Balaban J connectivity index is 1.93. The fourth-order valence-corrected chi connectivity index (χ4v) is 2.32. The van der Waals surface area contributed by atoms with Crippen LogP contribution in [-0.4, -0.2) is 28.1 Å². The third-order valence-corrected chi connectivity index (χ3v) is 3.63. The molecule has 0 fully saturated rings. The highest BCUT2D eigenvalue weighted by molar-refractivity contribution is 5.85. The van der Waals surface area contributed by atoms with Crippen molar-refractivity contribution in [1.82, 2.24) is 9.88 Å². The number of aliphatic carboxylic acids is 1. The van der Waals surface area contributed by atoms with Crippen LogP contribution >= 0.6 is 0 Å². The van der Waals surface area contributed by atoms with Crippen molar-refractivity contribution in [2.45, 2.75) is 19.8 Å². The summed E-state index contributed by atoms with van der Waals surface area (Å²) in [5.41, 5.74) is 2.28. The highest BCUT2D eigenvalue weighted by Gasteiger charge is 2.13. The summed E-state index contributed by atoms with van der Waals surface area (Å²) < 4.78 is 2.05. The van der Waals surface area contributed by atoms with E-state index >= 15 is 0 Å². The van der Waals surface area contributed by atoms with Gasteiger partial charge in [0.05, 0.1) is 5.92 Å². The third-order valence-electron chi connectivity index (χ3n) is 3.63. The lowest BCUT2D eigenvalue weighted by atomic mass is 10.1. The minimum Gasteiger partial charge on any atom is -0.481 e. The Morgan fingerprint density at radius 2 is 2.05 bits per heavy atom. The summed E-state index contributed by atoms with van der Waals surface area (Å²) in [6.45, 7) is 1.75. The van der Waals surface area contributed by atoms with Gasteiger partial charge in [-0.1, -0.05) is 25.1 Å². The van der Waals surface area contributed by atoms with E-state index in [2.05, 4.69) is 16.0 Å². The molecule has 1 aromatic carbocycles. The van der Waals surface area contributed by atoms with E-state index in [0.29, 0.717) is 12.8 Å². The van der Waals surface area contributed by atoms with E-state index in [1.165, 1.54) is 0 Å². The Morgan fingerprint density at radius 3 is 2.76 bits per heavy atom. The Labute approximate surface area is 123 Å². The summed E-state index contributed by atoms with van der Waals surface area (Å²) >= 11 is 0. The summed E-state index contributed by atoms with van der Waals surface area (Å²) in [4.78, 5) is 22.5. The molecule has 0 saturated carbocycles. The smallest absolute Gasteiger partial charge is 0.308 e. The van der Waals surface area contributed by atoms with Gasteiger partial charge in [-0.2, -0.15) is 0 Å². The van der Waals surface area contributed by atoms with Crippen molar-refractivity contribution in [2.75, 3.05) is 6.54 Å². The van der Waals surface area contributed by atoms with Crippen LogP contribution < -0.4 is 5.32 Å². The third kappa shape index (κ3) is 3.62. The van der Waals surface area contributed by atoms with E-state index in [9.17, 15) is 9.59 Å². The molecule has 1 amide bonds. The largest absolute Gasteiger partial charge is 0.481 e. The first-order chi connectivity index (χ1) is 9.99. The van der Waals surface area contributed by atoms with Crippen LogP contribution in [0.1, 0.15) is 18.9 Å². The molecule has 1 atom stereocenters. The van der Waals surface area contributed by atoms with E-state index in [1.807, 2.05) is 31.4 Å². The predicted octanol–water partition coefficient (Wildman–Crippen LogP) is 1.95. The number of nitrogens with zero attached hydrogens (tertiary/aromatic N) is 1. The summed E-state index contributed by atoms with van der Waals surface area (Å²) in [6, 6.07) is 8.08. The molecule has 1 aromatic heterocycles. The molecule has 2 rings (SSSR count). The maximum atomic E-state index is 11.8. The van der Waals surface area contributed by atoms with E-state index in [1.54, 1.807) is 6.92 Å². The average molecular weight is 288 g/mol. The van der Waals surface area contributed by atoms with Gasteiger partial charge >= 0.3 is 5.97 Å². The highest BCUT2D eigenvalue weighted by Crippen LogP contribution is 2.21. The van der Waals surface area contributed by atoms with Crippen LogP contribution in [0.4, 0.5) is 0 Å². The second kappa shape index (κ2) is 6.43. The number of carbonyl (C=O) groups excluding carboxylic acids is 1. The van der Waals surface area contributed by atoms with E-state index < -0.39 is 11.9 Å². The molecule has 0 radical (unpaired) electrons. The van der Waals surface area contributed by atoms with Crippen molar-refractivity contribution in [2.24, 2.45) is 13.0 Å². The van der Waals surface area contributed by atoms with Crippen LogP contribution in [0.15, 0.2) is 30.5 Å². The number of para-hydroxylation sites is 1. The van der Waals surface area contributed by atoms with Gasteiger partial charge in [-0.3, -0.25) is 9.59 Å². The van der Waals surface area contributed by atoms with Gasteiger partial charge in [-0.15, -0.1) is 0 Å². The Hall–Kier alpha value is -2.30. The van der Waals surface area contributed by atoms with Crippen molar-refractivity contribution >= 4 is 22.8 Å². The van der Waals surface area contributed by atoms with Gasteiger partial charge in [-0.25, -0.2) is 0 Å². The average Bonchev–Trinajstić information content (AvgIpc) is 2.79. The normalized spacial score (nSPS) is 12.3. The number of amides is 1. The number of aryl methyl sites for hydroxylation is 2. The number of carboxylic acid groups (broad SMARTS) is 1. The van der Waals surface area contributed by atoms with E-state index in [4.69, 9.17) is 5.11 Å². The number of aromatic nitrogens is 1. The number of rotatable bonds is 6. The molecular weight excluding hydrogens is 268 g/mol. The van der Waals surface area contributed by atoms with Crippen molar-refractivity contribution in [1.29, 1.82) is 0 Å². The maximum Gasteiger partial charge on any atom is 0.308 e. The number of carboxylic acids is 1. The molecule has 112 valence electrons. The van der Waals surface area contributed by atoms with Crippen LogP contribution in [0, 0.1) is 5.92 Å². The lowest BCUT2D eigenvalue weighted by Gasteiger charge is -2.08. The minimum absolute atomic E-state index is 0.115. The topological polar surface area (TPSA) is 71.3 Å². The molecule has 2 aromatic rings. The Morgan fingerprint density at radius 1 is 1.33 bits per heavy atom. The Kier molecular flexibility index (Phi) is 4.62. The number of carbonyl (C=O) groups is 2. The van der Waals surface area contributed by atoms with Crippen LogP contribution in [-0.2, 0) is 23.1 Å². The second-order valence-electron chi connectivity index (χ2n) is 5.33. The summed E-state index contributed by atoms with van der Waals surface area (Å²) in [5, 5.41) is 12.6. The SMILES string of the molecule is CC(CNC(=O)CCc1cn(C)c2ccccc12)C(=O)O. The second-order valence-corrected chi connectivity index (χ2v) is 5.33. The van der Waals surface area contributed by atoms with E-state index in [-0.39, 0.29) is 12.5 Å².